The van der Waals surface area contributed by atoms with Crippen molar-refractivity contribution in [3.63, 3.8) is 0 Å². The van der Waals surface area contributed by atoms with Crippen molar-refractivity contribution in [1.29, 1.82) is 0 Å². The Balaban J connectivity index is 1.27. The van der Waals surface area contributed by atoms with Gasteiger partial charge in [0.25, 0.3) is 0 Å². The fraction of sp³-hybridized carbons (Fsp3) is 0.636. The Kier molecular flexibility index (Phi) is 6.63. The number of aliphatic carboxylic acids is 2. The third-order valence-corrected chi connectivity index (χ3v) is 9.67. The van der Waals surface area contributed by atoms with Gasteiger partial charge in [-0.1, -0.05) is 47.3 Å². The van der Waals surface area contributed by atoms with E-state index < -0.39 is 34.9 Å². The van der Waals surface area contributed by atoms with Crippen LogP contribution in [-0.4, -0.2) is 57.3 Å². The third-order valence-electron chi connectivity index (χ3n) is 7.25. The number of hydrogen-bond donors (Lipinski definition) is 4. The average molecular weight is 481 g/mol. The van der Waals surface area contributed by atoms with Gasteiger partial charge in [0.1, 0.15) is 12.1 Å². The minimum absolute atomic E-state index is 0.0860. The zero-order valence-corrected chi connectivity index (χ0v) is 19.4. The van der Waals surface area contributed by atoms with E-state index in [1.54, 1.807) is 0 Å². The van der Waals surface area contributed by atoms with E-state index in [0.29, 0.717) is 0 Å². The molecule has 0 aromatic carbocycles. The summed E-state index contributed by atoms with van der Waals surface area (Å²) >= 11 is 0. The molecule has 0 saturated heterocycles. The lowest BCUT2D eigenvalue weighted by Gasteiger charge is -2.39. The molecule has 2 saturated carbocycles. The van der Waals surface area contributed by atoms with Crippen molar-refractivity contribution in [3.8, 4) is 0 Å². The van der Waals surface area contributed by atoms with Gasteiger partial charge in [-0.3, -0.25) is 9.59 Å². The van der Waals surface area contributed by atoms with Gasteiger partial charge in [-0.15, -0.1) is 0 Å². The molecule has 0 radical (unpaired) electrons. The van der Waals surface area contributed by atoms with Crippen LogP contribution in [0.25, 0.3) is 0 Å². The molecule has 4 rings (SSSR count). The standard InChI is InChI=1S/C22H28N2O6S2/c25-17-9-15(21(17)5-1-2-6-21)23-13(19(27)28)11-31-32-12-14(20(29)30)24-16-10-18(26)22(16)7-3-4-8-22/h9-10,13-14,23-24H,1-8,11-12H2,(H,27,28)(H,29,30)/t13-,14-/m0/s1. The summed E-state index contributed by atoms with van der Waals surface area (Å²) in [5.74, 6) is -1.36. The van der Waals surface area contributed by atoms with E-state index in [4.69, 9.17) is 0 Å². The zero-order valence-electron chi connectivity index (χ0n) is 17.7. The molecule has 4 aliphatic rings. The molecule has 0 unspecified atom stereocenters. The number of carboxylic acid groups (broad SMARTS) is 2. The number of carboxylic acids is 2. The molecule has 0 heterocycles. The Morgan fingerprint density at radius 2 is 1.12 bits per heavy atom. The molecule has 174 valence electrons. The largest absolute Gasteiger partial charge is 0.480 e. The van der Waals surface area contributed by atoms with Gasteiger partial charge < -0.3 is 20.8 Å². The first kappa shape index (κ1) is 23.2. The van der Waals surface area contributed by atoms with Crippen LogP contribution in [0.2, 0.25) is 0 Å². The Labute approximate surface area is 194 Å². The molecule has 0 amide bonds. The number of nitrogens with one attached hydrogen (secondary N) is 2. The minimum atomic E-state index is -0.999. The van der Waals surface area contributed by atoms with Gasteiger partial charge in [-0.25, -0.2) is 9.59 Å². The van der Waals surface area contributed by atoms with Gasteiger partial charge in [-0.2, -0.15) is 0 Å². The summed E-state index contributed by atoms with van der Waals surface area (Å²) in [6, 6.07) is -1.71. The minimum Gasteiger partial charge on any atom is -0.480 e. The van der Waals surface area contributed by atoms with E-state index in [0.717, 1.165) is 62.8 Å². The molecule has 8 nitrogen and oxygen atoms in total. The fourth-order valence-corrected chi connectivity index (χ4v) is 7.54. The molecule has 2 fully saturated rings. The SMILES string of the molecule is O=C(O)[C@H](CSSC[C@H](NC1=CC(=O)C12CCCC2)C(=O)O)NC1=CC(=O)C12CCCC2. The lowest BCUT2D eigenvalue weighted by atomic mass is 9.70. The Morgan fingerprint density at radius 1 is 0.781 bits per heavy atom. The summed E-state index contributed by atoms with van der Waals surface area (Å²) in [6.45, 7) is 0. The predicted molar refractivity (Wildman–Crippen MR) is 122 cm³/mol. The summed E-state index contributed by atoms with van der Waals surface area (Å²) in [5, 5.41) is 25.3. The molecule has 0 bridgehead atoms. The molecule has 0 aliphatic heterocycles. The van der Waals surface area contributed by atoms with Crippen LogP contribution in [0.5, 0.6) is 0 Å². The van der Waals surface area contributed by atoms with Gasteiger partial charge >= 0.3 is 11.9 Å². The molecule has 32 heavy (non-hydrogen) atoms. The molecule has 10 heteroatoms. The molecular formula is C22H28N2O6S2. The van der Waals surface area contributed by atoms with Crippen molar-refractivity contribution < 1.29 is 29.4 Å². The lowest BCUT2D eigenvalue weighted by Crippen LogP contribution is -2.50. The maximum Gasteiger partial charge on any atom is 0.327 e. The summed E-state index contributed by atoms with van der Waals surface area (Å²) in [4.78, 5) is 47.6. The van der Waals surface area contributed by atoms with Crippen molar-refractivity contribution in [3.05, 3.63) is 23.5 Å². The van der Waals surface area contributed by atoms with Crippen LogP contribution in [0.4, 0.5) is 0 Å². The second-order valence-corrected chi connectivity index (χ2v) is 11.6. The van der Waals surface area contributed by atoms with Crippen LogP contribution in [-0.2, 0) is 19.2 Å². The van der Waals surface area contributed by atoms with Gasteiger partial charge in [0, 0.05) is 35.1 Å². The fourth-order valence-electron chi connectivity index (χ4n) is 5.23. The molecule has 2 spiro atoms. The number of allylic oxidation sites excluding steroid dienone is 4. The van der Waals surface area contributed by atoms with Crippen molar-refractivity contribution in [2.45, 2.75) is 63.5 Å². The summed E-state index contributed by atoms with van der Waals surface area (Å²) in [7, 11) is 2.58. The smallest absolute Gasteiger partial charge is 0.327 e. The quantitative estimate of drug-likeness (QED) is 0.258. The van der Waals surface area contributed by atoms with E-state index >= 15 is 0 Å². The van der Waals surface area contributed by atoms with E-state index in [9.17, 15) is 29.4 Å². The highest BCUT2D eigenvalue weighted by molar-refractivity contribution is 8.76. The highest BCUT2D eigenvalue weighted by atomic mass is 33.1. The van der Waals surface area contributed by atoms with Crippen LogP contribution in [0, 0.1) is 10.8 Å². The first-order valence-corrected chi connectivity index (χ1v) is 13.5. The van der Waals surface area contributed by atoms with Crippen LogP contribution < -0.4 is 10.6 Å². The molecular weight excluding hydrogens is 452 g/mol. The van der Waals surface area contributed by atoms with Crippen molar-refractivity contribution in [2.24, 2.45) is 10.8 Å². The molecule has 4 N–H and O–H groups in total. The molecule has 2 atom stereocenters. The summed E-state index contributed by atoms with van der Waals surface area (Å²) < 4.78 is 0. The van der Waals surface area contributed by atoms with Crippen molar-refractivity contribution in [1.82, 2.24) is 10.6 Å². The summed E-state index contributed by atoms with van der Waals surface area (Å²) in [6.07, 6.45) is 9.98. The predicted octanol–water partition coefficient (Wildman–Crippen LogP) is 2.51. The topological polar surface area (TPSA) is 133 Å². The second kappa shape index (κ2) is 9.13. The van der Waals surface area contributed by atoms with Crippen molar-refractivity contribution >= 4 is 45.1 Å². The van der Waals surface area contributed by atoms with Crippen LogP contribution in [0.15, 0.2) is 23.5 Å². The highest BCUT2D eigenvalue weighted by Crippen LogP contribution is 2.51. The first-order chi connectivity index (χ1) is 15.3. The second-order valence-electron chi connectivity index (χ2n) is 9.06. The zero-order chi connectivity index (χ0) is 22.9. The lowest BCUT2D eigenvalue weighted by molar-refractivity contribution is -0.140. The van der Waals surface area contributed by atoms with E-state index in [-0.39, 0.29) is 23.1 Å². The molecule has 0 aromatic rings. The average Bonchev–Trinajstić information content (AvgIpc) is 3.45. The maximum absolute atomic E-state index is 12.1. The van der Waals surface area contributed by atoms with Crippen LogP contribution in [0.1, 0.15) is 51.4 Å². The summed E-state index contributed by atoms with van der Waals surface area (Å²) in [5.41, 5.74) is 0.445. The third kappa shape index (κ3) is 4.07. The number of rotatable bonds is 11. The van der Waals surface area contributed by atoms with Gasteiger partial charge in [0.2, 0.25) is 0 Å². The number of ketones is 2. The van der Waals surface area contributed by atoms with E-state index in [1.165, 1.54) is 33.7 Å². The number of carbonyl (C=O) groups excluding carboxylic acids is 2. The van der Waals surface area contributed by atoms with Gasteiger partial charge in [0.05, 0.1) is 10.8 Å². The Bertz CT molecular complexity index is 815. The maximum atomic E-state index is 12.1. The number of carbonyl (C=O) groups is 4. The monoisotopic (exact) mass is 480 g/mol. The van der Waals surface area contributed by atoms with E-state index in [2.05, 4.69) is 10.6 Å². The van der Waals surface area contributed by atoms with Crippen LogP contribution >= 0.6 is 21.6 Å². The normalized spacial score (nSPS) is 24.4. The Morgan fingerprint density at radius 3 is 1.41 bits per heavy atom. The number of hydrogen-bond acceptors (Lipinski definition) is 8. The van der Waals surface area contributed by atoms with Gasteiger partial charge in [0.15, 0.2) is 11.6 Å². The van der Waals surface area contributed by atoms with Crippen molar-refractivity contribution in [2.75, 3.05) is 11.5 Å². The first-order valence-electron chi connectivity index (χ1n) is 11.0. The van der Waals surface area contributed by atoms with Crippen LogP contribution in [0.3, 0.4) is 0 Å². The highest BCUT2D eigenvalue weighted by Gasteiger charge is 2.51. The Hall–Kier alpha value is -1.94. The molecule has 4 aliphatic carbocycles. The molecule has 0 aromatic heterocycles. The van der Waals surface area contributed by atoms with Gasteiger partial charge in [-0.05, 0) is 25.7 Å². The van der Waals surface area contributed by atoms with E-state index in [1.807, 2.05) is 0 Å².